The van der Waals surface area contributed by atoms with Crippen LogP contribution in [0.15, 0.2) is 12.1 Å². The van der Waals surface area contributed by atoms with E-state index in [2.05, 4.69) is 31.3 Å². The lowest BCUT2D eigenvalue weighted by Crippen LogP contribution is -2.43. The molecule has 0 aliphatic rings. The molecule has 0 bridgehead atoms. The predicted octanol–water partition coefficient (Wildman–Crippen LogP) is 2.22. The molecule has 0 fully saturated rings. The summed E-state index contributed by atoms with van der Waals surface area (Å²) in [5, 5.41) is 12.5. The SMILES string of the molecule is COc1cc(C)c(C)cc1CCNC(C)(C)CO. The van der Waals surface area contributed by atoms with Gasteiger partial charge in [-0.2, -0.15) is 0 Å². The Kier molecular flexibility index (Phi) is 5.17. The van der Waals surface area contributed by atoms with E-state index in [-0.39, 0.29) is 12.1 Å². The van der Waals surface area contributed by atoms with E-state index >= 15 is 0 Å². The summed E-state index contributed by atoms with van der Waals surface area (Å²) in [4.78, 5) is 0. The van der Waals surface area contributed by atoms with Crippen LogP contribution in [0.1, 0.15) is 30.5 Å². The van der Waals surface area contributed by atoms with E-state index in [1.165, 1.54) is 16.7 Å². The minimum atomic E-state index is -0.229. The molecule has 3 heteroatoms. The van der Waals surface area contributed by atoms with Crippen LogP contribution in [0.4, 0.5) is 0 Å². The van der Waals surface area contributed by atoms with Crippen LogP contribution in [0.2, 0.25) is 0 Å². The molecule has 0 aliphatic heterocycles. The van der Waals surface area contributed by atoms with E-state index in [9.17, 15) is 5.11 Å². The standard InChI is InChI=1S/C15H25NO2/c1-11-8-13(14(18-5)9-12(11)2)6-7-16-15(3,4)10-17/h8-9,16-17H,6-7,10H2,1-5H3. The van der Waals surface area contributed by atoms with Crippen LogP contribution in [0.3, 0.4) is 0 Å². The summed E-state index contributed by atoms with van der Waals surface area (Å²) in [6, 6.07) is 4.27. The third-order valence-electron chi connectivity index (χ3n) is 3.29. The monoisotopic (exact) mass is 251 g/mol. The quantitative estimate of drug-likeness (QED) is 0.814. The van der Waals surface area contributed by atoms with Gasteiger partial charge in [0.05, 0.1) is 13.7 Å². The van der Waals surface area contributed by atoms with Gasteiger partial charge < -0.3 is 15.2 Å². The van der Waals surface area contributed by atoms with Gasteiger partial charge >= 0.3 is 0 Å². The first kappa shape index (κ1) is 15.0. The fourth-order valence-electron chi connectivity index (χ4n) is 1.83. The predicted molar refractivity (Wildman–Crippen MR) is 75.3 cm³/mol. The van der Waals surface area contributed by atoms with Gasteiger partial charge in [0, 0.05) is 5.54 Å². The van der Waals surface area contributed by atoms with Gasteiger partial charge in [0.1, 0.15) is 5.75 Å². The molecule has 0 aromatic heterocycles. The zero-order chi connectivity index (χ0) is 13.8. The van der Waals surface area contributed by atoms with E-state index in [0.717, 1.165) is 18.7 Å². The third-order valence-corrected chi connectivity index (χ3v) is 3.29. The largest absolute Gasteiger partial charge is 0.496 e. The molecule has 0 saturated carbocycles. The second-order valence-corrected chi connectivity index (χ2v) is 5.47. The van der Waals surface area contributed by atoms with Crippen molar-refractivity contribution in [3.8, 4) is 5.75 Å². The maximum atomic E-state index is 9.19. The third kappa shape index (κ3) is 4.00. The molecule has 1 rings (SSSR count). The number of aliphatic hydroxyl groups excluding tert-OH is 1. The Balaban J connectivity index is 2.70. The lowest BCUT2D eigenvalue weighted by atomic mass is 10.0. The molecule has 0 atom stereocenters. The average Bonchev–Trinajstić information content (AvgIpc) is 2.33. The number of benzene rings is 1. The number of hydrogen-bond acceptors (Lipinski definition) is 3. The first-order chi connectivity index (χ1) is 8.39. The Hall–Kier alpha value is -1.06. The van der Waals surface area contributed by atoms with Crippen molar-refractivity contribution in [2.45, 2.75) is 39.7 Å². The van der Waals surface area contributed by atoms with Gasteiger partial charge in [-0.25, -0.2) is 0 Å². The Morgan fingerprint density at radius 3 is 2.39 bits per heavy atom. The highest BCUT2D eigenvalue weighted by molar-refractivity contribution is 5.41. The number of ether oxygens (including phenoxy) is 1. The maximum Gasteiger partial charge on any atom is 0.122 e. The second-order valence-electron chi connectivity index (χ2n) is 5.47. The van der Waals surface area contributed by atoms with Gasteiger partial charge in [-0.1, -0.05) is 6.07 Å². The van der Waals surface area contributed by atoms with Crippen LogP contribution in [-0.4, -0.2) is 30.9 Å². The van der Waals surface area contributed by atoms with Crippen molar-refractivity contribution < 1.29 is 9.84 Å². The smallest absolute Gasteiger partial charge is 0.122 e. The molecular formula is C15H25NO2. The molecule has 0 radical (unpaired) electrons. The van der Waals surface area contributed by atoms with E-state index in [0.29, 0.717) is 0 Å². The number of rotatable bonds is 6. The van der Waals surface area contributed by atoms with Crippen LogP contribution < -0.4 is 10.1 Å². The van der Waals surface area contributed by atoms with Gasteiger partial charge in [0.2, 0.25) is 0 Å². The van der Waals surface area contributed by atoms with Crippen LogP contribution in [0, 0.1) is 13.8 Å². The summed E-state index contributed by atoms with van der Waals surface area (Å²) in [5.41, 5.74) is 3.51. The van der Waals surface area contributed by atoms with Crippen molar-refractivity contribution in [2.24, 2.45) is 0 Å². The highest BCUT2D eigenvalue weighted by Gasteiger charge is 2.15. The highest BCUT2D eigenvalue weighted by Crippen LogP contribution is 2.23. The van der Waals surface area contributed by atoms with Gasteiger partial charge in [0.15, 0.2) is 0 Å². The van der Waals surface area contributed by atoms with Crippen molar-refractivity contribution in [3.63, 3.8) is 0 Å². The van der Waals surface area contributed by atoms with Crippen molar-refractivity contribution in [2.75, 3.05) is 20.3 Å². The Morgan fingerprint density at radius 2 is 1.83 bits per heavy atom. The van der Waals surface area contributed by atoms with E-state index in [4.69, 9.17) is 4.74 Å². The fourth-order valence-corrected chi connectivity index (χ4v) is 1.83. The Bertz CT molecular complexity index is 400. The molecule has 2 N–H and O–H groups in total. The molecule has 3 nitrogen and oxygen atoms in total. The molecule has 0 saturated heterocycles. The first-order valence-corrected chi connectivity index (χ1v) is 6.39. The second kappa shape index (κ2) is 6.21. The molecule has 0 amide bonds. The Morgan fingerprint density at radius 1 is 1.22 bits per heavy atom. The highest BCUT2D eigenvalue weighted by atomic mass is 16.5. The van der Waals surface area contributed by atoms with Crippen molar-refractivity contribution in [3.05, 3.63) is 28.8 Å². The van der Waals surface area contributed by atoms with Gasteiger partial charge in [-0.3, -0.25) is 0 Å². The summed E-state index contributed by atoms with van der Waals surface area (Å²) in [7, 11) is 1.71. The maximum absolute atomic E-state index is 9.19. The number of aryl methyl sites for hydroxylation is 2. The topological polar surface area (TPSA) is 41.5 Å². The summed E-state index contributed by atoms with van der Waals surface area (Å²) in [6.45, 7) is 9.15. The van der Waals surface area contributed by atoms with Gasteiger partial charge in [0.25, 0.3) is 0 Å². The lowest BCUT2D eigenvalue weighted by molar-refractivity contribution is 0.189. The average molecular weight is 251 g/mol. The number of aliphatic hydroxyl groups is 1. The molecule has 0 unspecified atom stereocenters. The number of hydrogen-bond donors (Lipinski definition) is 2. The molecule has 1 aromatic carbocycles. The van der Waals surface area contributed by atoms with Crippen LogP contribution in [0.5, 0.6) is 5.75 Å². The lowest BCUT2D eigenvalue weighted by Gasteiger charge is -2.23. The molecule has 0 spiro atoms. The van der Waals surface area contributed by atoms with E-state index < -0.39 is 0 Å². The van der Waals surface area contributed by atoms with E-state index in [1.54, 1.807) is 7.11 Å². The van der Waals surface area contributed by atoms with Gasteiger partial charge in [-0.05, 0) is 63.4 Å². The van der Waals surface area contributed by atoms with Crippen LogP contribution in [-0.2, 0) is 6.42 Å². The van der Waals surface area contributed by atoms with Crippen molar-refractivity contribution in [1.82, 2.24) is 5.32 Å². The zero-order valence-electron chi connectivity index (χ0n) is 12.1. The summed E-state index contributed by atoms with van der Waals surface area (Å²) < 4.78 is 5.41. The van der Waals surface area contributed by atoms with Crippen molar-refractivity contribution >= 4 is 0 Å². The Labute approximate surface area is 110 Å². The molecule has 102 valence electrons. The minimum Gasteiger partial charge on any atom is -0.496 e. The normalized spacial score (nSPS) is 11.7. The molecular weight excluding hydrogens is 226 g/mol. The number of nitrogens with one attached hydrogen (secondary N) is 1. The summed E-state index contributed by atoms with van der Waals surface area (Å²) in [5.74, 6) is 0.946. The molecule has 1 aromatic rings. The van der Waals surface area contributed by atoms with Crippen LogP contribution in [0.25, 0.3) is 0 Å². The van der Waals surface area contributed by atoms with Crippen LogP contribution >= 0.6 is 0 Å². The molecule has 0 heterocycles. The number of methoxy groups -OCH3 is 1. The summed E-state index contributed by atoms with van der Waals surface area (Å²) >= 11 is 0. The molecule has 18 heavy (non-hydrogen) atoms. The van der Waals surface area contributed by atoms with Gasteiger partial charge in [-0.15, -0.1) is 0 Å². The minimum absolute atomic E-state index is 0.136. The van der Waals surface area contributed by atoms with E-state index in [1.807, 2.05) is 13.8 Å². The first-order valence-electron chi connectivity index (χ1n) is 6.39. The van der Waals surface area contributed by atoms with Crippen molar-refractivity contribution in [1.29, 1.82) is 0 Å². The fraction of sp³-hybridized carbons (Fsp3) is 0.600. The summed E-state index contributed by atoms with van der Waals surface area (Å²) in [6.07, 6.45) is 0.897. The molecule has 0 aliphatic carbocycles. The zero-order valence-corrected chi connectivity index (χ0v) is 12.1.